The number of anilines is 1. The number of carboxylic acids is 1. The monoisotopic (exact) mass is 246 g/mol. The number of nitrogens with zero attached hydrogens (tertiary/aromatic N) is 2. The fourth-order valence-electron chi connectivity index (χ4n) is 1.29. The van der Waals surface area contributed by atoms with Gasteiger partial charge in [0.2, 0.25) is 0 Å². The smallest absolute Gasteiger partial charge is 0.353 e. The van der Waals surface area contributed by atoms with Crippen molar-refractivity contribution in [1.82, 2.24) is 15.2 Å². The van der Waals surface area contributed by atoms with E-state index >= 15 is 0 Å². The van der Waals surface area contributed by atoms with E-state index in [2.05, 4.69) is 20.5 Å². The van der Waals surface area contributed by atoms with Gasteiger partial charge in [0.05, 0.1) is 5.56 Å². The van der Waals surface area contributed by atoms with Crippen LogP contribution >= 0.6 is 0 Å². The van der Waals surface area contributed by atoms with E-state index in [1.807, 2.05) is 6.92 Å². The van der Waals surface area contributed by atoms with Crippen LogP contribution in [0.5, 0.6) is 0 Å². The first-order valence-corrected chi connectivity index (χ1v) is 5.09. The van der Waals surface area contributed by atoms with Crippen LogP contribution in [0, 0.1) is 6.92 Å². The Balaban J connectivity index is 2.11. The average Bonchev–Trinajstić information content (AvgIpc) is 2.78. The number of hydrogen-bond donors (Lipinski definition) is 3. The van der Waals surface area contributed by atoms with Crippen LogP contribution < -0.4 is 5.32 Å². The second-order valence-corrected chi connectivity index (χ2v) is 3.61. The van der Waals surface area contributed by atoms with Crippen LogP contribution in [0.1, 0.15) is 26.5 Å². The molecule has 18 heavy (non-hydrogen) atoms. The lowest BCUT2D eigenvalue weighted by atomic mass is 10.2. The highest BCUT2D eigenvalue weighted by Crippen LogP contribution is 2.08. The average molecular weight is 246 g/mol. The summed E-state index contributed by atoms with van der Waals surface area (Å²) in [7, 11) is 0. The normalized spacial score (nSPS) is 10.1. The molecule has 1 amide bonds. The second-order valence-electron chi connectivity index (χ2n) is 3.61. The minimum Gasteiger partial charge on any atom is -0.477 e. The van der Waals surface area contributed by atoms with E-state index < -0.39 is 11.9 Å². The molecule has 0 aliphatic carbocycles. The van der Waals surface area contributed by atoms with E-state index in [0.29, 0.717) is 5.56 Å². The summed E-state index contributed by atoms with van der Waals surface area (Å²) in [6, 6.07) is 4.58. The quantitative estimate of drug-likeness (QED) is 0.750. The van der Waals surface area contributed by atoms with Gasteiger partial charge in [0, 0.05) is 18.0 Å². The summed E-state index contributed by atoms with van der Waals surface area (Å²) in [5.41, 5.74) is 1.09. The highest BCUT2D eigenvalue weighted by Gasteiger charge is 2.11. The van der Waals surface area contributed by atoms with Gasteiger partial charge in [0.25, 0.3) is 5.91 Å². The van der Waals surface area contributed by atoms with Crippen molar-refractivity contribution in [2.45, 2.75) is 6.92 Å². The van der Waals surface area contributed by atoms with E-state index in [1.54, 1.807) is 12.1 Å². The lowest BCUT2D eigenvalue weighted by Gasteiger charge is -2.01. The predicted molar refractivity (Wildman–Crippen MR) is 62.5 cm³/mol. The first kappa shape index (κ1) is 11.8. The SMILES string of the molecule is Cc1ccc(C(=O)Nc2cc(C(=O)O)[nH]n2)cn1. The molecule has 0 saturated heterocycles. The van der Waals surface area contributed by atoms with Crippen molar-refractivity contribution in [3.63, 3.8) is 0 Å². The van der Waals surface area contributed by atoms with Crippen molar-refractivity contribution in [3.05, 3.63) is 41.3 Å². The van der Waals surface area contributed by atoms with Crippen LogP contribution in [0.25, 0.3) is 0 Å². The number of nitrogens with one attached hydrogen (secondary N) is 2. The number of aryl methyl sites for hydroxylation is 1. The van der Waals surface area contributed by atoms with Gasteiger partial charge in [-0.1, -0.05) is 0 Å². The van der Waals surface area contributed by atoms with E-state index in [4.69, 9.17) is 5.11 Å². The van der Waals surface area contributed by atoms with Crippen LogP contribution in [-0.2, 0) is 0 Å². The van der Waals surface area contributed by atoms with E-state index in [1.165, 1.54) is 12.3 Å². The van der Waals surface area contributed by atoms with Gasteiger partial charge in [-0.25, -0.2) is 4.79 Å². The standard InChI is InChI=1S/C11H10N4O3/c1-6-2-3-7(5-12-6)10(16)13-9-4-8(11(17)18)14-15-9/h2-5H,1H3,(H,17,18)(H2,13,14,15,16). The van der Waals surface area contributed by atoms with Gasteiger partial charge in [-0.2, -0.15) is 5.10 Å². The van der Waals surface area contributed by atoms with Gasteiger partial charge in [0.1, 0.15) is 5.69 Å². The van der Waals surface area contributed by atoms with Crippen molar-refractivity contribution < 1.29 is 14.7 Å². The van der Waals surface area contributed by atoms with E-state index in [-0.39, 0.29) is 11.5 Å². The maximum absolute atomic E-state index is 11.8. The molecule has 0 bridgehead atoms. The Morgan fingerprint density at radius 3 is 2.72 bits per heavy atom. The molecule has 0 atom stereocenters. The topological polar surface area (TPSA) is 108 Å². The molecule has 0 aromatic carbocycles. The summed E-state index contributed by atoms with van der Waals surface area (Å²) in [6.45, 7) is 1.81. The van der Waals surface area contributed by atoms with Crippen molar-refractivity contribution in [3.8, 4) is 0 Å². The lowest BCUT2D eigenvalue weighted by molar-refractivity contribution is 0.0690. The molecule has 2 rings (SSSR count). The van der Waals surface area contributed by atoms with Crippen molar-refractivity contribution >= 4 is 17.7 Å². The number of carbonyl (C=O) groups is 2. The van der Waals surface area contributed by atoms with Crippen LogP contribution in [0.2, 0.25) is 0 Å². The molecule has 2 heterocycles. The van der Waals surface area contributed by atoms with Gasteiger partial charge in [-0.15, -0.1) is 0 Å². The number of hydrogen-bond acceptors (Lipinski definition) is 4. The molecule has 0 aliphatic heterocycles. The molecule has 0 saturated carbocycles. The third-order valence-electron chi connectivity index (χ3n) is 2.22. The minimum absolute atomic E-state index is 0.0904. The summed E-state index contributed by atoms with van der Waals surface area (Å²) in [4.78, 5) is 26.4. The molecule has 7 nitrogen and oxygen atoms in total. The Hall–Kier alpha value is -2.70. The summed E-state index contributed by atoms with van der Waals surface area (Å²) in [5, 5.41) is 17.1. The molecule has 2 aromatic rings. The van der Waals surface area contributed by atoms with Crippen LogP contribution in [0.3, 0.4) is 0 Å². The molecule has 92 valence electrons. The largest absolute Gasteiger partial charge is 0.477 e. The van der Waals surface area contributed by atoms with Crippen LogP contribution in [0.4, 0.5) is 5.82 Å². The maximum atomic E-state index is 11.8. The van der Waals surface area contributed by atoms with Crippen LogP contribution in [0.15, 0.2) is 24.4 Å². The first-order valence-electron chi connectivity index (χ1n) is 5.09. The van der Waals surface area contributed by atoms with Gasteiger partial charge >= 0.3 is 5.97 Å². The third-order valence-corrected chi connectivity index (χ3v) is 2.22. The lowest BCUT2D eigenvalue weighted by Crippen LogP contribution is -2.12. The number of carboxylic acid groups (broad SMARTS) is 1. The molecule has 0 fully saturated rings. The summed E-state index contributed by atoms with van der Waals surface area (Å²) in [6.07, 6.45) is 1.44. The van der Waals surface area contributed by atoms with Gasteiger partial charge in [-0.3, -0.25) is 14.9 Å². The number of pyridine rings is 1. The molecule has 0 radical (unpaired) electrons. The number of aromatic amines is 1. The number of aromatic nitrogens is 3. The van der Waals surface area contributed by atoms with Gasteiger partial charge in [-0.05, 0) is 19.1 Å². The Labute approximate surface area is 102 Å². The molecular formula is C11H10N4O3. The highest BCUT2D eigenvalue weighted by atomic mass is 16.4. The summed E-state index contributed by atoms with van der Waals surface area (Å²) in [5.74, 6) is -1.39. The molecule has 3 N–H and O–H groups in total. The Bertz CT molecular complexity index is 589. The Morgan fingerprint density at radius 2 is 2.17 bits per heavy atom. The fraction of sp³-hybridized carbons (Fsp3) is 0.0909. The number of rotatable bonds is 3. The molecule has 0 aliphatic rings. The van der Waals surface area contributed by atoms with E-state index in [0.717, 1.165) is 5.69 Å². The zero-order valence-electron chi connectivity index (χ0n) is 9.47. The predicted octanol–water partition coefficient (Wildman–Crippen LogP) is 1.06. The maximum Gasteiger partial charge on any atom is 0.353 e. The number of amides is 1. The van der Waals surface area contributed by atoms with Gasteiger partial charge < -0.3 is 10.4 Å². The summed E-state index contributed by atoms with van der Waals surface area (Å²) < 4.78 is 0. The molecule has 7 heteroatoms. The molecular weight excluding hydrogens is 236 g/mol. The second kappa shape index (κ2) is 4.66. The van der Waals surface area contributed by atoms with Crippen molar-refractivity contribution in [2.24, 2.45) is 0 Å². The number of H-pyrrole nitrogens is 1. The van der Waals surface area contributed by atoms with E-state index in [9.17, 15) is 9.59 Å². The zero-order chi connectivity index (χ0) is 13.1. The summed E-state index contributed by atoms with van der Waals surface area (Å²) >= 11 is 0. The van der Waals surface area contributed by atoms with Crippen molar-refractivity contribution in [1.29, 1.82) is 0 Å². The minimum atomic E-state index is -1.14. The Kier molecular flexibility index (Phi) is 3.05. The molecule has 0 spiro atoms. The third kappa shape index (κ3) is 2.51. The number of carbonyl (C=O) groups excluding carboxylic acids is 1. The molecule has 2 aromatic heterocycles. The van der Waals surface area contributed by atoms with Gasteiger partial charge in [0.15, 0.2) is 5.82 Å². The highest BCUT2D eigenvalue weighted by molar-refractivity contribution is 6.03. The Morgan fingerprint density at radius 1 is 1.39 bits per heavy atom. The zero-order valence-corrected chi connectivity index (χ0v) is 9.47. The number of aromatic carboxylic acids is 1. The molecule has 0 unspecified atom stereocenters. The van der Waals surface area contributed by atoms with Crippen molar-refractivity contribution in [2.75, 3.05) is 5.32 Å². The fourth-order valence-corrected chi connectivity index (χ4v) is 1.29. The van der Waals surface area contributed by atoms with Crippen LogP contribution in [-0.4, -0.2) is 32.2 Å². The first-order chi connectivity index (χ1) is 8.56.